The number of aromatic hydroxyl groups is 1. The van der Waals surface area contributed by atoms with Crippen molar-refractivity contribution in [2.45, 2.75) is 6.92 Å². The van der Waals surface area contributed by atoms with Gasteiger partial charge in [0.1, 0.15) is 5.75 Å². The Morgan fingerprint density at radius 2 is 1.95 bits per heavy atom. The second-order valence-electron chi connectivity index (χ2n) is 4.19. The highest BCUT2D eigenvalue weighted by molar-refractivity contribution is 9.10. The van der Waals surface area contributed by atoms with Crippen molar-refractivity contribution in [3.05, 3.63) is 52.0 Å². The summed E-state index contributed by atoms with van der Waals surface area (Å²) in [7, 11) is 0. The minimum Gasteiger partial charge on any atom is -0.506 e. The lowest BCUT2D eigenvalue weighted by molar-refractivity contribution is 0.102. The standard InChI is InChI=1S/C14H13BrN2O2.ClH/c1-8-2-3-9(6-11(8)16)14(19)17-12-7-10(15)4-5-13(12)18;/h2-7,18H,16H2,1H3,(H,17,19);1H. The lowest BCUT2D eigenvalue weighted by Crippen LogP contribution is -2.12. The number of aryl methyl sites for hydroxylation is 1. The third-order valence-corrected chi connectivity index (χ3v) is 3.24. The molecule has 1 amide bonds. The SMILES string of the molecule is Cc1ccc(C(=O)Nc2cc(Br)ccc2O)cc1N.Cl. The van der Waals surface area contributed by atoms with Crippen molar-refractivity contribution in [3.63, 3.8) is 0 Å². The number of anilines is 2. The van der Waals surface area contributed by atoms with E-state index in [4.69, 9.17) is 5.73 Å². The Morgan fingerprint density at radius 1 is 1.25 bits per heavy atom. The van der Waals surface area contributed by atoms with Crippen LogP contribution in [-0.4, -0.2) is 11.0 Å². The van der Waals surface area contributed by atoms with E-state index in [2.05, 4.69) is 21.2 Å². The summed E-state index contributed by atoms with van der Waals surface area (Å²) in [6.07, 6.45) is 0. The van der Waals surface area contributed by atoms with Crippen LogP contribution in [0.5, 0.6) is 5.75 Å². The van der Waals surface area contributed by atoms with Gasteiger partial charge in [-0.1, -0.05) is 22.0 Å². The Morgan fingerprint density at radius 3 is 2.60 bits per heavy atom. The van der Waals surface area contributed by atoms with Crippen LogP contribution < -0.4 is 11.1 Å². The molecule has 0 heterocycles. The number of nitrogen functional groups attached to an aromatic ring is 1. The Bertz CT molecular complexity index is 647. The topological polar surface area (TPSA) is 75.3 Å². The van der Waals surface area contributed by atoms with Crippen molar-refractivity contribution in [3.8, 4) is 5.75 Å². The third-order valence-electron chi connectivity index (χ3n) is 2.75. The molecule has 0 aliphatic carbocycles. The number of carbonyl (C=O) groups excluding carboxylic acids is 1. The lowest BCUT2D eigenvalue weighted by Gasteiger charge is -2.09. The zero-order valence-electron chi connectivity index (χ0n) is 10.7. The van der Waals surface area contributed by atoms with Crippen LogP contribution in [0, 0.1) is 6.92 Å². The van der Waals surface area contributed by atoms with Crippen molar-refractivity contribution in [2.75, 3.05) is 11.1 Å². The van der Waals surface area contributed by atoms with Gasteiger partial charge in [-0.15, -0.1) is 12.4 Å². The van der Waals surface area contributed by atoms with Gasteiger partial charge in [-0.05, 0) is 42.8 Å². The largest absolute Gasteiger partial charge is 0.506 e. The summed E-state index contributed by atoms with van der Waals surface area (Å²) < 4.78 is 0.768. The molecule has 2 rings (SSSR count). The first kappa shape index (κ1) is 16.3. The quantitative estimate of drug-likeness (QED) is 0.566. The number of hydrogen-bond donors (Lipinski definition) is 3. The van der Waals surface area contributed by atoms with E-state index >= 15 is 0 Å². The number of phenolic OH excluding ortho intramolecular Hbond substituents is 1. The molecule has 0 saturated carbocycles. The van der Waals surface area contributed by atoms with Gasteiger partial charge in [0.2, 0.25) is 0 Å². The summed E-state index contributed by atoms with van der Waals surface area (Å²) in [6.45, 7) is 1.87. The first-order chi connectivity index (χ1) is 8.97. The highest BCUT2D eigenvalue weighted by Crippen LogP contribution is 2.27. The number of hydrogen-bond acceptors (Lipinski definition) is 3. The average Bonchev–Trinajstić information content (AvgIpc) is 2.37. The van der Waals surface area contributed by atoms with Crippen LogP contribution in [0.15, 0.2) is 40.9 Å². The molecular weight excluding hydrogens is 344 g/mol. The van der Waals surface area contributed by atoms with E-state index in [9.17, 15) is 9.90 Å². The minimum absolute atomic E-state index is 0. The van der Waals surface area contributed by atoms with Gasteiger partial charge in [-0.2, -0.15) is 0 Å². The summed E-state index contributed by atoms with van der Waals surface area (Å²) in [5, 5.41) is 12.3. The number of amides is 1. The fraction of sp³-hybridized carbons (Fsp3) is 0.0714. The van der Waals surface area contributed by atoms with E-state index in [1.54, 1.807) is 30.3 Å². The van der Waals surface area contributed by atoms with E-state index < -0.39 is 0 Å². The molecule has 106 valence electrons. The van der Waals surface area contributed by atoms with E-state index in [-0.39, 0.29) is 24.1 Å². The fourth-order valence-electron chi connectivity index (χ4n) is 1.58. The molecule has 2 aromatic rings. The van der Waals surface area contributed by atoms with Crippen LogP contribution in [0.4, 0.5) is 11.4 Å². The van der Waals surface area contributed by atoms with E-state index in [1.165, 1.54) is 6.07 Å². The van der Waals surface area contributed by atoms with Crippen molar-refractivity contribution in [1.29, 1.82) is 0 Å². The van der Waals surface area contributed by atoms with Crippen LogP contribution in [-0.2, 0) is 0 Å². The third kappa shape index (κ3) is 3.65. The Labute approximate surface area is 131 Å². The number of carbonyl (C=O) groups is 1. The van der Waals surface area contributed by atoms with Gasteiger partial charge in [0.05, 0.1) is 5.69 Å². The second kappa shape index (κ2) is 6.63. The molecule has 0 atom stereocenters. The van der Waals surface area contributed by atoms with Crippen molar-refractivity contribution >= 4 is 45.6 Å². The molecule has 4 N–H and O–H groups in total. The number of nitrogens with two attached hydrogens (primary N) is 1. The van der Waals surface area contributed by atoms with Crippen LogP contribution in [0.1, 0.15) is 15.9 Å². The van der Waals surface area contributed by atoms with Gasteiger partial charge in [0.15, 0.2) is 0 Å². The zero-order chi connectivity index (χ0) is 14.0. The summed E-state index contributed by atoms with van der Waals surface area (Å²) in [5.74, 6) is -0.309. The normalized spacial score (nSPS) is 9.70. The molecule has 0 aliphatic heterocycles. The molecular formula is C14H14BrClN2O2. The number of phenols is 1. The molecule has 0 aliphatic rings. The average molecular weight is 358 g/mol. The van der Waals surface area contributed by atoms with E-state index in [0.29, 0.717) is 16.9 Å². The van der Waals surface area contributed by atoms with E-state index in [1.807, 2.05) is 6.92 Å². The molecule has 20 heavy (non-hydrogen) atoms. The number of benzene rings is 2. The Hall–Kier alpha value is -1.72. The summed E-state index contributed by atoms with van der Waals surface area (Å²) in [4.78, 5) is 12.0. The lowest BCUT2D eigenvalue weighted by atomic mass is 10.1. The smallest absolute Gasteiger partial charge is 0.255 e. The second-order valence-corrected chi connectivity index (χ2v) is 5.10. The maximum absolute atomic E-state index is 12.0. The molecule has 0 spiro atoms. The van der Waals surface area contributed by atoms with Crippen LogP contribution in [0.2, 0.25) is 0 Å². The summed E-state index contributed by atoms with van der Waals surface area (Å²) in [5.41, 5.74) is 8.04. The van der Waals surface area contributed by atoms with E-state index in [0.717, 1.165) is 10.0 Å². The van der Waals surface area contributed by atoms with Crippen LogP contribution in [0.25, 0.3) is 0 Å². The highest BCUT2D eigenvalue weighted by atomic mass is 79.9. The molecule has 4 nitrogen and oxygen atoms in total. The first-order valence-corrected chi connectivity index (χ1v) is 6.42. The Kier molecular flexibility index (Phi) is 5.42. The number of rotatable bonds is 2. The monoisotopic (exact) mass is 356 g/mol. The van der Waals surface area contributed by atoms with Gasteiger partial charge in [-0.3, -0.25) is 4.79 Å². The van der Waals surface area contributed by atoms with Gasteiger partial charge in [-0.25, -0.2) is 0 Å². The van der Waals surface area contributed by atoms with Crippen LogP contribution >= 0.6 is 28.3 Å². The van der Waals surface area contributed by atoms with Crippen LogP contribution in [0.3, 0.4) is 0 Å². The predicted octanol–water partition coefficient (Wildman–Crippen LogP) is 3.72. The van der Waals surface area contributed by atoms with Crippen molar-refractivity contribution < 1.29 is 9.90 Å². The first-order valence-electron chi connectivity index (χ1n) is 5.63. The number of halogens is 2. The maximum Gasteiger partial charge on any atom is 0.255 e. The molecule has 0 aromatic heterocycles. The van der Waals surface area contributed by atoms with Crippen molar-refractivity contribution in [2.24, 2.45) is 0 Å². The molecule has 0 unspecified atom stereocenters. The molecule has 0 fully saturated rings. The van der Waals surface area contributed by atoms with Gasteiger partial charge >= 0.3 is 0 Å². The zero-order valence-corrected chi connectivity index (χ0v) is 13.1. The minimum atomic E-state index is -0.319. The Balaban J connectivity index is 0.00000200. The highest BCUT2D eigenvalue weighted by Gasteiger charge is 2.10. The van der Waals surface area contributed by atoms with Crippen molar-refractivity contribution in [1.82, 2.24) is 0 Å². The molecule has 0 radical (unpaired) electrons. The summed E-state index contributed by atoms with van der Waals surface area (Å²) >= 11 is 3.28. The predicted molar refractivity (Wildman–Crippen MR) is 86.6 cm³/mol. The number of nitrogens with one attached hydrogen (secondary N) is 1. The maximum atomic E-state index is 12.0. The van der Waals surface area contributed by atoms with Gasteiger partial charge in [0.25, 0.3) is 5.91 Å². The molecule has 2 aromatic carbocycles. The molecule has 0 saturated heterocycles. The van der Waals surface area contributed by atoms with Gasteiger partial charge < -0.3 is 16.2 Å². The molecule has 6 heteroatoms. The summed E-state index contributed by atoms with van der Waals surface area (Å²) in [6, 6.07) is 9.91. The van der Waals surface area contributed by atoms with Gasteiger partial charge in [0, 0.05) is 15.7 Å². The fourth-order valence-corrected chi connectivity index (χ4v) is 1.95. The molecule has 0 bridgehead atoms.